The van der Waals surface area contributed by atoms with Crippen LogP contribution in [0.2, 0.25) is 0 Å². The normalized spacial score (nSPS) is 12.2. The number of benzene rings is 1. The van der Waals surface area contributed by atoms with Crippen LogP contribution < -0.4 is 0 Å². The number of thiol groups is 1. The Hall–Kier alpha value is -0.470. The SMILES string of the molecule is Cc1cc(C(C)(C)C)ccc1CCN(C)CCS. The molecule has 0 aliphatic rings. The van der Waals surface area contributed by atoms with E-state index in [-0.39, 0.29) is 5.41 Å². The number of aryl methyl sites for hydroxylation is 1. The van der Waals surface area contributed by atoms with Gasteiger partial charge in [-0.05, 0) is 42.5 Å². The van der Waals surface area contributed by atoms with Gasteiger partial charge < -0.3 is 4.90 Å². The lowest BCUT2D eigenvalue weighted by Crippen LogP contribution is -2.23. The molecule has 102 valence electrons. The van der Waals surface area contributed by atoms with Crippen LogP contribution in [0.4, 0.5) is 0 Å². The second kappa shape index (κ2) is 6.63. The third-order valence-corrected chi connectivity index (χ3v) is 3.65. The highest BCUT2D eigenvalue weighted by Crippen LogP contribution is 2.24. The Labute approximate surface area is 118 Å². The van der Waals surface area contributed by atoms with Gasteiger partial charge in [0.2, 0.25) is 0 Å². The molecule has 2 heteroatoms. The lowest BCUT2D eigenvalue weighted by atomic mass is 9.85. The predicted molar refractivity (Wildman–Crippen MR) is 84.9 cm³/mol. The summed E-state index contributed by atoms with van der Waals surface area (Å²) >= 11 is 4.26. The van der Waals surface area contributed by atoms with Crippen molar-refractivity contribution in [2.24, 2.45) is 0 Å². The zero-order chi connectivity index (χ0) is 13.8. The highest BCUT2D eigenvalue weighted by Gasteiger charge is 2.14. The maximum Gasteiger partial charge on any atom is 0.00669 e. The van der Waals surface area contributed by atoms with Crippen molar-refractivity contribution in [3.8, 4) is 0 Å². The molecule has 0 atom stereocenters. The van der Waals surface area contributed by atoms with Crippen molar-refractivity contribution >= 4 is 12.6 Å². The minimum absolute atomic E-state index is 0.242. The molecule has 1 aromatic rings. The highest BCUT2D eigenvalue weighted by atomic mass is 32.1. The van der Waals surface area contributed by atoms with E-state index in [4.69, 9.17) is 0 Å². The first kappa shape index (κ1) is 15.6. The Morgan fingerprint density at radius 2 is 1.83 bits per heavy atom. The Morgan fingerprint density at radius 3 is 2.33 bits per heavy atom. The molecule has 0 amide bonds. The summed E-state index contributed by atoms with van der Waals surface area (Å²) in [5, 5.41) is 0. The standard InChI is InChI=1S/C16H27NS/c1-13-12-15(16(2,3)4)7-6-14(13)8-9-17(5)10-11-18/h6-7,12,18H,8-11H2,1-5H3. The number of nitrogens with zero attached hydrogens (tertiary/aromatic N) is 1. The van der Waals surface area contributed by atoms with E-state index in [1.807, 2.05) is 0 Å². The average Bonchev–Trinajstić information content (AvgIpc) is 2.26. The third-order valence-electron chi connectivity index (χ3n) is 3.45. The Kier molecular flexibility index (Phi) is 5.74. The molecule has 0 saturated carbocycles. The van der Waals surface area contributed by atoms with Crippen LogP contribution in [0, 0.1) is 6.92 Å². The van der Waals surface area contributed by atoms with E-state index < -0.39 is 0 Å². The van der Waals surface area contributed by atoms with Gasteiger partial charge in [0.1, 0.15) is 0 Å². The molecule has 0 spiro atoms. The molecule has 1 nitrogen and oxygen atoms in total. The van der Waals surface area contributed by atoms with Crippen molar-refractivity contribution in [3.63, 3.8) is 0 Å². The summed E-state index contributed by atoms with van der Waals surface area (Å²) in [4.78, 5) is 2.34. The van der Waals surface area contributed by atoms with Crippen LogP contribution in [-0.2, 0) is 11.8 Å². The minimum atomic E-state index is 0.242. The van der Waals surface area contributed by atoms with Crippen LogP contribution in [-0.4, -0.2) is 30.8 Å². The van der Waals surface area contributed by atoms with Gasteiger partial charge in [-0.15, -0.1) is 0 Å². The summed E-state index contributed by atoms with van der Waals surface area (Å²) in [5.74, 6) is 0.929. The molecule has 0 saturated heterocycles. The molecule has 1 aromatic carbocycles. The molecule has 18 heavy (non-hydrogen) atoms. The van der Waals surface area contributed by atoms with E-state index in [1.54, 1.807) is 0 Å². The van der Waals surface area contributed by atoms with Crippen molar-refractivity contribution in [1.29, 1.82) is 0 Å². The first-order valence-corrected chi connectivity index (χ1v) is 7.37. The molecule has 1 rings (SSSR count). The van der Waals surface area contributed by atoms with E-state index in [2.05, 4.69) is 70.5 Å². The molecule has 0 radical (unpaired) electrons. The molecule has 0 aliphatic heterocycles. The van der Waals surface area contributed by atoms with Gasteiger partial charge in [-0.25, -0.2) is 0 Å². The average molecular weight is 265 g/mol. The van der Waals surface area contributed by atoms with Crippen LogP contribution in [0.3, 0.4) is 0 Å². The summed E-state index contributed by atoms with van der Waals surface area (Å²) in [6, 6.07) is 6.92. The topological polar surface area (TPSA) is 3.24 Å². The van der Waals surface area contributed by atoms with Crippen molar-refractivity contribution in [2.75, 3.05) is 25.9 Å². The van der Waals surface area contributed by atoms with Crippen molar-refractivity contribution < 1.29 is 0 Å². The first-order valence-electron chi connectivity index (χ1n) is 6.74. The van der Waals surface area contributed by atoms with E-state index in [0.717, 1.165) is 25.3 Å². The monoisotopic (exact) mass is 265 g/mol. The Morgan fingerprint density at radius 1 is 1.17 bits per heavy atom. The lowest BCUT2D eigenvalue weighted by molar-refractivity contribution is 0.360. The fourth-order valence-electron chi connectivity index (χ4n) is 2.04. The van der Waals surface area contributed by atoms with Crippen LogP contribution in [0.5, 0.6) is 0 Å². The molecule has 0 heterocycles. The Balaban J connectivity index is 2.69. The maximum atomic E-state index is 4.26. The Bertz CT molecular complexity index is 379. The second-order valence-corrected chi connectivity index (χ2v) is 6.62. The van der Waals surface area contributed by atoms with Gasteiger partial charge in [0, 0.05) is 18.8 Å². The summed E-state index contributed by atoms with van der Waals surface area (Å²) in [6.45, 7) is 11.2. The smallest absolute Gasteiger partial charge is 0.00669 e. The highest BCUT2D eigenvalue weighted by molar-refractivity contribution is 7.80. The maximum absolute atomic E-state index is 4.26. The van der Waals surface area contributed by atoms with Gasteiger partial charge in [0.25, 0.3) is 0 Å². The van der Waals surface area contributed by atoms with E-state index in [1.165, 1.54) is 16.7 Å². The predicted octanol–water partition coefficient (Wildman–Crippen LogP) is 3.70. The van der Waals surface area contributed by atoms with Gasteiger partial charge in [0.15, 0.2) is 0 Å². The van der Waals surface area contributed by atoms with Crippen LogP contribution >= 0.6 is 12.6 Å². The largest absolute Gasteiger partial charge is 0.305 e. The fourth-order valence-corrected chi connectivity index (χ4v) is 2.38. The van der Waals surface area contributed by atoms with Gasteiger partial charge in [-0.3, -0.25) is 0 Å². The quantitative estimate of drug-likeness (QED) is 0.795. The minimum Gasteiger partial charge on any atom is -0.305 e. The molecule has 0 aliphatic carbocycles. The molecule has 0 bridgehead atoms. The zero-order valence-electron chi connectivity index (χ0n) is 12.5. The van der Waals surface area contributed by atoms with E-state index >= 15 is 0 Å². The van der Waals surface area contributed by atoms with Gasteiger partial charge in [0.05, 0.1) is 0 Å². The van der Waals surface area contributed by atoms with E-state index in [0.29, 0.717) is 0 Å². The molecule has 0 unspecified atom stereocenters. The number of hydrogen-bond donors (Lipinski definition) is 1. The third kappa shape index (κ3) is 4.66. The number of likely N-dealkylation sites (N-methyl/N-ethyl adjacent to an activating group) is 1. The van der Waals surface area contributed by atoms with E-state index in [9.17, 15) is 0 Å². The van der Waals surface area contributed by atoms with Crippen molar-refractivity contribution in [1.82, 2.24) is 4.90 Å². The van der Waals surface area contributed by atoms with Crippen LogP contribution in [0.25, 0.3) is 0 Å². The zero-order valence-corrected chi connectivity index (χ0v) is 13.3. The number of hydrogen-bond acceptors (Lipinski definition) is 2. The van der Waals surface area contributed by atoms with Gasteiger partial charge in [-0.1, -0.05) is 39.0 Å². The van der Waals surface area contributed by atoms with Crippen LogP contribution in [0.15, 0.2) is 18.2 Å². The summed E-state index contributed by atoms with van der Waals surface area (Å²) in [5.41, 5.74) is 4.55. The summed E-state index contributed by atoms with van der Waals surface area (Å²) < 4.78 is 0. The molecular formula is C16H27NS. The van der Waals surface area contributed by atoms with Gasteiger partial charge >= 0.3 is 0 Å². The molecule has 0 fully saturated rings. The fraction of sp³-hybridized carbons (Fsp3) is 0.625. The molecular weight excluding hydrogens is 238 g/mol. The lowest BCUT2D eigenvalue weighted by Gasteiger charge is -2.21. The first-order chi connectivity index (χ1) is 8.34. The summed E-state index contributed by atoms with van der Waals surface area (Å²) in [6.07, 6.45) is 1.13. The van der Waals surface area contributed by atoms with Gasteiger partial charge in [-0.2, -0.15) is 12.6 Å². The van der Waals surface area contributed by atoms with Crippen molar-refractivity contribution in [3.05, 3.63) is 34.9 Å². The molecule has 0 N–H and O–H groups in total. The molecule has 0 aromatic heterocycles. The van der Waals surface area contributed by atoms with Crippen molar-refractivity contribution in [2.45, 2.75) is 39.5 Å². The number of rotatable bonds is 5. The second-order valence-electron chi connectivity index (χ2n) is 6.17. The van der Waals surface area contributed by atoms with Crippen LogP contribution in [0.1, 0.15) is 37.5 Å². The summed E-state index contributed by atoms with van der Waals surface area (Å²) in [7, 11) is 2.16.